The van der Waals surface area contributed by atoms with Gasteiger partial charge in [0, 0.05) is 6.20 Å². The summed E-state index contributed by atoms with van der Waals surface area (Å²) in [6.07, 6.45) is -0.848. The first kappa shape index (κ1) is 17.5. The van der Waals surface area contributed by atoms with Crippen molar-refractivity contribution in [2.24, 2.45) is 0 Å². The van der Waals surface area contributed by atoms with Gasteiger partial charge in [-0.3, -0.25) is 4.79 Å². The number of halogens is 3. The number of nitrogens with zero attached hydrogens (tertiary/aromatic N) is 1. The van der Waals surface area contributed by atoms with Crippen molar-refractivity contribution in [3.8, 4) is 0 Å². The first-order valence-electron chi connectivity index (χ1n) is 6.51. The second-order valence-electron chi connectivity index (χ2n) is 4.38. The third-order valence-electron chi connectivity index (χ3n) is 3.00. The van der Waals surface area contributed by atoms with Crippen molar-refractivity contribution in [1.29, 1.82) is 0 Å². The van der Waals surface area contributed by atoms with E-state index in [9.17, 15) is 27.6 Å². The Kier molecular flexibility index (Phi) is 4.88. The van der Waals surface area contributed by atoms with Crippen molar-refractivity contribution in [1.82, 2.24) is 4.57 Å². The summed E-state index contributed by atoms with van der Waals surface area (Å²) >= 11 is 0. The van der Waals surface area contributed by atoms with Gasteiger partial charge >= 0.3 is 12.1 Å². The Bertz CT molecular complexity index is 892. The molecule has 0 radical (unpaired) electrons. The Morgan fingerprint density at radius 3 is 2.46 bits per heavy atom. The van der Waals surface area contributed by atoms with E-state index < -0.39 is 58.2 Å². The average molecular weight is 345 g/mol. The molecular formula is C14H10F3NO6. The predicted octanol–water partition coefficient (Wildman–Crippen LogP) is 1.53. The molecule has 128 valence electrons. The maximum Gasteiger partial charge on any atom is 0.420 e. The fourth-order valence-electron chi connectivity index (χ4n) is 2.01. The number of aliphatic hydroxyl groups excluding tert-OH is 1. The summed E-state index contributed by atoms with van der Waals surface area (Å²) in [5.41, 5.74) is -2.82. The first-order valence-corrected chi connectivity index (χ1v) is 6.51. The molecule has 0 atom stereocenters. The van der Waals surface area contributed by atoms with Crippen LogP contribution in [0.25, 0.3) is 10.9 Å². The highest BCUT2D eigenvalue weighted by molar-refractivity contribution is 5.97. The number of carbonyl (C=O) groups is 2. The molecule has 1 heterocycles. The van der Waals surface area contributed by atoms with Crippen LogP contribution in [0, 0.1) is 17.5 Å². The van der Waals surface area contributed by atoms with Crippen LogP contribution in [0.2, 0.25) is 0 Å². The monoisotopic (exact) mass is 345 g/mol. The van der Waals surface area contributed by atoms with Crippen LogP contribution in [0.4, 0.5) is 18.0 Å². The Balaban J connectivity index is 2.93. The molecule has 1 aromatic carbocycles. The quantitative estimate of drug-likeness (QED) is 0.515. The Labute approximate surface area is 131 Å². The zero-order chi connectivity index (χ0) is 18.0. The van der Waals surface area contributed by atoms with Crippen molar-refractivity contribution in [3.05, 3.63) is 45.5 Å². The minimum atomic E-state index is -1.92. The topological polar surface area (TPSA) is 94.8 Å². The number of hydrogen-bond acceptors (Lipinski definition) is 6. The van der Waals surface area contributed by atoms with Crippen molar-refractivity contribution in [2.75, 3.05) is 13.4 Å². The van der Waals surface area contributed by atoms with E-state index in [1.165, 1.54) is 6.92 Å². The molecule has 0 unspecified atom stereocenters. The molecule has 0 aliphatic rings. The van der Waals surface area contributed by atoms with Crippen LogP contribution in [0.15, 0.2) is 17.1 Å². The highest BCUT2D eigenvalue weighted by atomic mass is 19.2. The van der Waals surface area contributed by atoms with E-state index in [1.807, 2.05) is 0 Å². The van der Waals surface area contributed by atoms with E-state index in [2.05, 4.69) is 9.47 Å². The molecule has 0 amide bonds. The number of aromatic nitrogens is 1. The first-order chi connectivity index (χ1) is 11.3. The Morgan fingerprint density at radius 1 is 1.21 bits per heavy atom. The number of hydrogen-bond donors (Lipinski definition) is 1. The van der Waals surface area contributed by atoms with Gasteiger partial charge in [0.25, 0.3) is 0 Å². The number of esters is 1. The van der Waals surface area contributed by atoms with Gasteiger partial charge in [-0.2, -0.15) is 0 Å². The molecule has 1 aromatic heterocycles. The van der Waals surface area contributed by atoms with Gasteiger partial charge in [0.1, 0.15) is 11.1 Å². The van der Waals surface area contributed by atoms with Gasteiger partial charge in [-0.05, 0) is 13.0 Å². The number of pyridine rings is 1. The molecule has 2 aromatic rings. The summed E-state index contributed by atoms with van der Waals surface area (Å²) in [5.74, 6) is -6.58. The van der Waals surface area contributed by atoms with Gasteiger partial charge < -0.3 is 14.6 Å². The molecule has 0 spiro atoms. The summed E-state index contributed by atoms with van der Waals surface area (Å²) in [6, 6.07) is 0.349. The molecule has 0 aliphatic heterocycles. The minimum absolute atomic E-state index is 0.108. The van der Waals surface area contributed by atoms with Crippen LogP contribution < -0.4 is 5.43 Å². The molecule has 2 rings (SSSR count). The van der Waals surface area contributed by atoms with E-state index in [0.717, 1.165) is 0 Å². The number of carbonyl (C=O) groups excluding carboxylic acids is 2. The Morgan fingerprint density at radius 2 is 1.88 bits per heavy atom. The van der Waals surface area contributed by atoms with Gasteiger partial charge in [0.15, 0.2) is 24.2 Å². The summed E-state index contributed by atoms with van der Waals surface area (Å²) in [4.78, 5) is 35.8. The summed E-state index contributed by atoms with van der Waals surface area (Å²) in [7, 11) is 0. The molecule has 7 nitrogen and oxygen atoms in total. The lowest BCUT2D eigenvalue weighted by Crippen LogP contribution is -2.25. The molecule has 0 fully saturated rings. The highest BCUT2D eigenvalue weighted by Gasteiger charge is 2.25. The van der Waals surface area contributed by atoms with Crippen LogP contribution in [-0.4, -0.2) is 35.1 Å². The second-order valence-corrected chi connectivity index (χ2v) is 4.38. The van der Waals surface area contributed by atoms with Crippen molar-refractivity contribution in [2.45, 2.75) is 6.92 Å². The normalized spacial score (nSPS) is 10.7. The molecule has 10 heteroatoms. The lowest BCUT2D eigenvalue weighted by molar-refractivity contribution is 0.0455. The third-order valence-corrected chi connectivity index (χ3v) is 3.00. The zero-order valence-electron chi connectivity index (χ0n) is 12.1. The van der Waals surface area contributed by atoms with Crippen molar-refractivity contribution < 1.29 is 37.3 Å². The number of rotatable bonds is 3. The van der Waals surface area contributed by atoms with Crippen molar-refractivity contribution in [3.63, 3.8) is 0 Å². The average Bonchev–Trinajstić information content (AvgIpc) is 2.54. The van der Waals surface area contributed by atoms with Gasteiger partial charge in [0.05, 0.1) is 12.0 Å². The SMILES string of the molecule is CCOC(=O)c1cn(C(=O)OCO)c2c(F)c(F)c(F)cc2c1=O. The van der Waals surface area contributed by atoms with Crippen LogP contribution in [0.5, 0.6) is 0 Å². The molecule has 0 saturated carbocycles. The summed E-state index contributed by atoms with van der Waals surface area (Å²) < 4.78 is 50.0. The number of ether oxygens (including phenoxy) is 2. The smallest absolute Gasteiger partial charge is 0.420 e. The maximum absolute atomic E-state index is 14.0. The zero-order valence-corrected chi connectivity index (χ0v) is 12.1. The standard InChI is InChI=1S/C14H10F3NO6/c1-2-23-13(21)7-4-18(14(22)24-5-19)11-6(12(7)20)3-8(15)9(16)10(11)17/h3-4,19H,2,5H2,1H3. The molecule has 0 bridgehead atoms. The summed E-state index contributed by atoms with van der Waals surface area (Å²) in [5, 5.41) is 7.85. The van der Waals surface area contributed by atoms with Crippen molar-refractivity contribution >= 4 is 23.0 Å². The van der Waals surface area contributed by atoms with Crippen LogP contribution in [0.1, 0.15) is 17.3 Å². The fraction of sp³-hybridized carbons (Fsp3) is 0.214. The lowest BCUT2D eigenvalue weighted by Gasteiger charge is -2.12. The number of aliphatic hydroxyl groups is 1. The van der Waals surface area contributed by atoms with Crippen LogP contribution in [0.3, 0.4) is 0 Å². The molecule has 24 heavy (non-hydrogen) atoms. The maximum atomic E-state index is 14.0. The molecule has 0 aliphatic carbocycles. The van der Waals surface area contributed by atoms with Crippen LogP contribution >= 0.6 is 0 Å². The van der Waals surface area contributed by atoms with Gasteiger partial charge in [0.2, 0.25) is 5.43 Å². The van der Waals surface area contributed by atoms with Crippen LogP contribution in [-0.2, 0) is 9.47 Å². The van der Waals surface area contributed by atoms with E-state index in [4.69, 9.17) is 5.11 Å². The fourth-order valence-corrected chi connectivity index (χ4v) is 2.01. The highest BCUT2D eigenvalue weighted by Crippen LogP contribution is 2.22. The second kappa shape index (κ2) is 6.71. The van der Waals surface area contributed by atoms with E-state index in [0.29, 0.717) is 12.3 Å². The van der Waals surface area contributed by atoms with Gasteiger partial charge in [-0.25, -0.2) is 27.3 Å². The lowest BCUT2D eigenvalue weighted by atomic mass is 10.1. The van der Waals surface area contributed by atoms with Gasteiger partial charge in [-0.1, -0.05) is 0 Å². The predicted molar refractivity (Wildman–Crippen MR) is 73.0 cm³/mol. The molecule has 0 saturated heterocycles. The third kappa shape index (κ3) is 2.83. The molecule has 1 N–H and O–H groups in total. The molecular weight excluding hydrogens is 335 g/mol. The van der Waals surface area contributed by atoms with E-state index in [-0.39, 0.29) is 11.2 Å². The largest absolute Gasteiger partial charge is 0.462 e. The van der Waals surface area contributed by atoms with E-state index in [1.54, 1.807) is 0 Å². The Hall–Kier alpha value is -2.88. The summed E-state index contributed by atoms with van der Waals surface area (Å²) in [6.45, 7) is 0.238. The van der Waals surface area contributed by atoms with Gasteiger partial charge in [-0.15, -0.1) is 0 Å². The number of fused-ring (bicyclic) bond motifs is 1. The number of benzene rings is 1. The van der Waals surface area contributed by atoms with E-state index >= 15 is 0 Å². The minimum Gasteiger partial charge on any atom is -0.462 e.